The number of esters is 1. The summed E-state index contributed by atoms with van der Waals surface area (Å²) >= 11 is 6.00. The fourth-order valence-corrected chi connectivity index (χ4v) is 6.49. The maximum absolute atomic E-state index is 14.1. The number of fused-ring (bicyclic) bond motifs is 1. The summed E-state index contributed by atoms with van der Waals surface area (Å²) in [5.41, 5.74) is -0.943. The highest BCUT2D eigenvalue weighted by molar-refractivity contribution is 6.30. The van der Waals surface area contributed by atoms with E-state index in [1.54, 1.807) is 43.3 Å². The topological polar surface area (TPSA) is 105 Å². The van der Waals surface area contributed by atoms with Gasteiger partial charge in [0.15, 0.2) is 0 Å². The molecule has 2 bridgehead atoms. The monoisotopic (exact) mass is 512 g/mol. The fourth-order valence-electron chi connectivity index (χ4n) is 6.36. The van der Waals surface area contributed by atoms with Gasteiger partial charge in [0.2, 0.25) is 11.8 Å². The summed E-state index contributed by atoms with van der Waals surface area (Å²) < 4.78 is 11.9. The van der Waals surface area contributed by atoms with Crippen LogP contribution in [0.1, 0.15) is 38.3 Å². The number of carbonyl (C=O) groups excluding carboxylic acids is 3. The van der Waals surface area contributed by atoms with Crippen molar-refractivity contribution in [1.29, 1.82) is 0 Å². The Morgan fingerprint density at radius 3 is 2.53 bits per heavy atom. The lowest BCUT2D eigenvalue weighted by molar-refractivity contribution is -0.160. The fraction of sp³-hybridized carbons (Fsp3) is 0.444. The Kier molecular flexibility index (Phi) is 6.31. The van der Waals surface area contributed by atoms with Gasteiger partial charge in [0, 0.05) is 10.7 Å². The number of nitrogens with zero attached hydrogens (tertiary/aromatic N) is 1. The van der Waals surface area contributed by atoms with Crippen LogP contribution in [0, 0.1) is 11.8 Å². The molecule has 3 saturated heterocycles. The van der Waals surface area contributed by atoms with Gasteiger partial charge in [-0.3, -0.25) is 14.4 Å². The molecule has 0 radical (unpaired) electrons. The van der Waals surface area contributed by atoms with Crippen LogP contribution in [0.4, 0.5) is 5.69 Å². The lowest BCUT2D eigenvalue weighted by Crippen LogP contribution is -2.54. The molecular weight excluding hydrogens is 484 g/mol. The van der Waals surface area contributed by atoms with Crippen LogP contribution < -0.4 is 5.32 Å². The molecule has 2 amide bonds. The minimum absolute atomic E-state index is 0.173. The third-order valence-corrected chi connectivity index (χ3v) is 8.06. The maximum Gasteiger partial charge on any atom is 0.312 e. The van der Waals surface area contributed by atoms with Gasteiger partial charge in [-0.2, -0.15) is 0 Å². The summed E-state index contributed by atoms with van der Waals surface area (Å²) in [6.07, 6.45) is 0.936. The number of anilines is 1. The standard InChI is InChI=1S/C27H29ClN2O6/c1-3-35-25(34)21-20-24(33)30(19(15-31)16-7-5-4-6-8-16)22(27(20)14-13-26(21,2)36-27)23(32)29-18-11-9-17(28)10-12-18/h4-12,19-22,31H,3,13-15H2,1-2H3,(H,29,32)/t19-,20+,21+,22?,26-,27?/m1/s1. The zero-order chi connectivity index (χ0) is 25.7. The van der Waals surface area contributed by atoms with Crippen LogP contribution in [0.25, 0.3) is 0 Å². The van der Waals surface area contributed by atoms with Crippen LogP contribution in [0.3, 0.4) is 0 Å². The highest BCUT2D eigenvalue weighted by atomic mass is 35.5. The molecule has 2 aromatic rings. The van der Waals surface area contributed by atoms with Gasteiger partial charge < -0.3 is 24.8 Å². The molecule has 9 heteroatoms. The van der Waals surface area contributed by atoms with Crippen molar-refractivity contribution >= 4 is 35.1 Å². The molecule has 5 rings (SSSR count). The van der Waals surface area contributed by atoms with Gasteiger partial charge >= 0.3 is 5.97 Å². The molecule has 8 nitrogen and oxygen atoms in total. The molecule has 0 aliphatic carbocycles. The van der Waals surface area contributed by atoms with E-state index in [0.29, 0.717) is 29.1 Å². The van der Waals surface area contributed by atoms with Crippen LogP contribution >= 0.6 is 11.6 Å². The Hall–Kier alpha value is -2.94. The molecule has 1 spiro atoms. The van der Waals surface area contributed by atoms with Gasteiger partial charge in [-0.15, -0.1) is 0 Å². The Balaban J connectivity index is 1.60. The Morgan fingerprint density at radius 1 is 1.19 bits per heavy atom. The van der Waals surface area contributed by atoms with Crippen molar-refractivity contribution in [1.82, 2.24) is 4.90 Å². The summed E-state index contributed by atoms with van der Waals surface area (Å²) in [5.74, 6) is -3.08. The van der Waals surface area contributed by atoms with Crippen LogP contribution in [0.2, 0.25) is 5.02 Å². The van der Waals surface area contributed by atoms with Gasteiger partial charge in [-0.05, 0) is 56.5 Å². The average Bonchev–Trinajstić information content (AvgIpc) is 3.43. The Morgan fingerprint density at radius 2 is 1.89 bits per heavy atom. The lowest BCUT2D eigenvalue weighted by atomic mass is 9.66. The van der Waals surface area contributed by atoms with Crippen molar-refractivity contribution in [3.63, 3.8) is 0 Å². The van der Waals surface area contributed by atoms with E-state index in [1.807, 2.05) is 25.1 Å². The number of ether oxygens (including phenoxy) is 2. The maximum atomic E-state index is 14.1. The van der Waals surface area contributed by atoms with Crippen molar-refractivity contribution in [2.75, 3.05) is 18.5 Å². The van der Waals surface area contributed by atoms with Crippen molar-refractivity contribution in [2.24, 2.45) is 11.8 Å². The number of amides is 2. The highest BCUT2D eigenvalue weighted by Gasteiger charge is 2.78. The van der Waals surface area contributed by atoms with Crippen LogP contribution in [0.5, 0.6) is 0 Å². The number of aliphatic hydroxyl groups is 1. The molecule has 36 heavy (non-hydrogen) atoms. The van der Waals surface area contributed by atoms with E-state index in [1.165, 1.54) is 4.90 Å². The van der Waals surface area contributed by atoms with E-state index in [9.17, 15) is 19.5 Å². The van der Waals surface area contributed by atoms with E-state index in [2.05, 4.69) is 5.32 Å². The van der Waals surface area contributed by atoms with Gasteiger partial charge in [-0.25, -0.2) is 0 Å². The predicted molar refractivity (Wildman–Crippen MR) is 132 cm³/mol. The Bertz CT molecular complexity index is 1170. The first-order valence-corrected chi connectivity index (χ1v) is 12.5. The first-order valence-electron chi connectivity index (χ1n) is 12.2. The molecule has 2 unspecified atom stereocenters. The number of hydrogen-bond donors (Lipinski definition) is 2. The van der Waals surface area contributed by atoms with Gasteiger partial charge in [0.25, 0.3) is 0 Å². The third kappa shape index (κ3) is 3.70. The molecule has 0 saturated carbocycles. The lowest BCUT2D eigenvalue weighted by Gasteiger charge is -2.37. The summed E-state index contributed by atoms with van der Waals surface area (Å²) in [4.78, 5) is 42.6. The molecular formula is C27H29ClN2O6. The number of nitrogens with one attached hydrogen (secondary N) is 1. The molecule has 3 aliphatic rings. The largest absolute Gasteiger partial charge is 0.466 e. The second-order valence-electron chi connectivity index (χ2n) is 9.83. The molecule has 3 aliphatic heterocycles. The number of halogens is 1. The molecule has 3 fully saturated rings. The normalized spacial score (nSPS) is 31.3. The van der Waals surface area contributed by atoms with E-state index < -0.39 is 59.5 Å². The first-order chi connectivity index (χ1) is 17.3. The number of benzene rings is 2. The smallest absolute Gasteiger partial charge is 0.312 e. The SMILES string of the molecule is CCOC(=O)[C@@H]1[C@H]2C(=O)N([C@H](CO)c3ccccc3)C(C(=O)Nc3ccc(Cl)cc3)C23CC[C@@]1(C)O3. The number of aliphatic hydroxyl groups excluding tert-OH is 1. The van der Waals surface area contributed by atoms with Crippen LogP contribution in [-0.4, -0.2) is 58.2 Å². The van der Waals surface area contributed by atoms with Gasteiger partial charge in [0.05, 0.1) is 30.8 Å². The summed E-state index contributed by atoms with van der Waals surface area (Å²) in [7, 11) is 0. The van der Waals surface area contributed by atoms with E-state index in [0.717, 1.165) is 0 Å². The van der Waals surface area contributed by atoms with Gasteiger partial charge in [0.1, 0.15) is 17.6 Å². The molecule has 3 heterocycles. The summed E-state index contributed by atoms with van der Waals surface area (Å²) in [6.45, 7) is 3.30. The quantitative estimate of drug-likeness (QED) is 0.551. The average molecular weight is 513 g/mol. The summed E-state index contributed by atoms with van der Waals surface area (Å²) in [5, 5.41) is 13.9. The number of hydrogen-bond acceptors (Lipinski definition) is 6. The molecule has 0 aromatic heterocycles. The van der Waals surface area contributed by atoms with Crippen molar-refractivity contribution in [3.8, 4) is 0 Å². The van der Waals surface area contributed by atoms with Crippen LogP contribution in [-0.2, 0) is 23.9 Å². The second kappa shape index (κ2) is 9.18. The second-order valence-corrected chi connectivity index (χ2v) is 10.3. The van der Waals surface area contributed by atoms with Crippen LogP contribution in [0.15, 0.2) is 54.6 Å². The third-order valence-electron chi connectivity index (χ3n) is 7.81. The predicted octanol–water partition coefficient (Wildman–Crippen LogP) is 3.34. The number of carbonyl (C=O) groups is 3. The molecule has 6 atom stereocenters. The van der Waals surface area contributed by atoms with Crippen molar-refractivity contribution < 1.29 is 29.0 Å². The molecule has 2 N–H and O–H groups in total. The number of likely N-dealkylation sites (tertiary alicyclic amines) is 1. The zero-order valence-corrected chi connectivity index (χ0v) is 20.9. The van der Waals surface area contributed by atoms with Crippen molar-refractivity contribution in [3.05, 3.63) is 65.2 Å². The van der Waals surface area contributed by atoms with E-state index in [4.69, 9.17) is 21.1 Å². The minimum atomic E-state index is -1.22. The number of rotatable bonds is 7. The highest BCUT2D eigenvalue weighted by Crippen LogP contribution is 2.64. The zero-order valence-electron chi connectivity index (χ0n) is 20.1. The van der Waals surface area contributed by atoms with Gasteiger partial charge in [-0.1, -0.05) is 41.9 Å². The van der Waals surface area contributed by atoms with E-state index >= 15 is 0 Å². The first kappa shape index (κ1) is 24.7. The molecule has 190 valence electrons. The van der Waals surface area contributed by atoms with Crippen molar-refractivity contribution in [2.45, 2.75) is 50.0 Å². The van der Waals surface area contributed by atoms with E-state index in [-0.39, 0.29) is 6.61 Å². The summed E-state index contributed by atoms with van der Waals surface area (Å²) in [6, 6.07) is 13.9. The molecule has 2 aromatic carbocycles. The Labute approximate surface area is 214 Å². The minimum Gasteiger partial charge on any atom is -0.466 e.